The summed E-state index contributed by atoms with van der Waals surface area (Å²) in [6.45, 7) is 3.89. The van der Waals surface area contributed by atoms with E-state index in [2.05, 4.69) is 64.7 Å². The zero-order chi connectivity index (χ0) is 13.1. The Morgan fingerprint density at radius 2 is 1.95 bits per heavy atom. The maximum Gasteiger partial charge on any atom is 0.138 e. The molecular formula is C16H17N3. The van der Waals surface area contributed by atoms with Gasteiger partial charge in [-0.15, -0.1) is 0 Å². The van der Waals surface area contributed by atoms with Crippen molar-refractivity contribution in [3.05, 3.63) is 54.4 Å². The SMILES string of the molecule is CCNCc1cnc(-c2cccc3ccccc23)[nH]1. The van der Waals surface area contributed by atoms with Crippen molar-refractivity contribution in [1.82, 2.24) is 15.3 Å². The third-order valence-corrected chi connectivity index (χ3v) is 3.24. The largest absolute Gasteiger partial charge is 0.341 e. The van der Waals surface area contributed by atoms with Crippen molar-refractivity contribution in [1.29, 1.82) is 0 Å². The standard InChI is InChI=1S/C16H17N3/c1-2-17-10-13-11-18-16(19-13)15-9-5-7-12-6-3-4-8-14(12)15/h3-9,11,17H,2,10H2,1H3,(H,18,19). The van der Waals surface area contributed by atoms with E-state index >= 15 is 0 Å². The Hall–Kier alpha value is -2.13. The van der Waals surface area contributed by atoms with E-state index in [0.29, 0.717) is 0 Å². The van der Waals surface area contributed by atoms with Gasteiger partial charge < -0.3 is 10.3 Å². The highest BCUT2D eigenvalue weighted by atomic mass is 15.0. The number of H-pyrrole nitrogens is 1. The minimum atomic E-state index is 0.828. The predicted molar refractivity (Wildman–Crippen MR) is 78.9 cm³/mol. The highest BCUT2D eigenvalue weighted by Gasteiger charge is 2.06. The second kappa shape index (κ2) is 5.24. The summed E-state index contributed by atoms with van der Waals surface area (Å²) in [5, 5.41) is 5.77. The first-order chi connectivity index (χ1) is 9.38. The van der Waals surface area contributed by atoms with Crippen molar-refractivity contribution in [3.8, 4) is 11.4 Å². The minimum Gasteiger partial charge on any atom is -0.341 e. The van der Waals surface area contributed by atoms with Gasteiger partial charge in [0.1, 0.15) is 5.82 Å². The molecule has 3 rings (SSSR count). The van der Waals surface area contributed by atoms with Crippen LogP contribution in [-0.4, -0.2) is 16.5 Å². The summed E-state index contributed by atoms with van der Waals surface area (Å²) in [6.07, 6.45) is 1.90. The van der Waals surface area contributed by atoms with E-state index in [1.807, 2.05) is 6.20 Å². The van der Waals surface area contributed by atoms with E-state index in [1.54, 1.807) is 0 Å². The van der Waals surface area contributed by atoms with Gasteiger partial charge in [-0.3, -0.25) is 0 Å². The molecule has 0 unspecified atom stereocenters. The van der Waals surface area contributed by atoms with Crippen LogP contribution < -0.4 is 5.32 Å². The lowest BCUT2D eigenvalue weighted by Crippen LogP contribution is -2.11. The Morgan fingerprint density at radius 3 is 2.84 bits per heavy atom. The fraction of sp³-hybridized carbons (Fsp3) is 0.188. The van der Waals surface area contributed by atoms with Crippen molar-refractivity contribution < 1.29 is 0 Å². The van der Waals surface area contributed by atoms with Gasteiger partial charge in [0, 0.05) is 24.0 Å². The molecule has 0 fully saturated rings. The van der Waals surface area contributed by atoms with Crippen molar-refractivity contribution in [3.63, 3.8) is 0 Å². The van der Waals surface area contributed by atoms with Crippen molar-refractivity contribution in [2.45, 2.75) is 13.5 Å². The molecule has 1 aromatic heterocycles. The third kappa shape index (κ3) is 2.37. The Kier molecular flexibility index (Phi) is 3.29. The lowest BCUT2D eigenvalue weighted by atomic mass is 10.0. The number of aromatic nitrogens is 2. The zero-order valence-electron chi connectivity index (χ0n) is 11.0. The van der Waals surface area contributed by atoms with Crippen molar-refractivity contribution in [2.24, 2.45) is 0 Å². The number of benzene rings is 2. The predicted octanol–water partition coefficient (Wildman–Crippen LogP) is 3.34. The molecule has 0 saturated carbocycles. The number of nitrogens with one attached hydrogen (secondary N) is 2. The topological polar surface area (TPSA) is 40.7 Å². The van der Waals surface area contributed by atoms with Crippen LogP contribution in [0.5, 0.6) is 0 Å². The molecule has 0 saturated heterocycles. The number of fused-ring (bicyclic) bond motifs is 1. The van der Waals surface area contributed by atoms with Crippen LogP contribution >= 0.6 is 0 Å². The molecule has 19 heavy (non-hydrogen) atoms. The molecule has 0 radical (unpaired) electrons. The highest BCUT2D eigenvalue weighted by molar-refractivity contribution is 5.95. The average Bonchev–Trinajstić information content (AvgIpc) is 2.93. The quantitative estimate of drug-likeness (QED) is 0.746. The van der Waals surface area contributed by atoms with Crippen LogP contribution in [0.25, 0.3) is 22.2 Å². The van der Waals surface area contributed by atoms with E-state index in [-0.39, 0.29) is 0 Å². The lowest BCUT2D eigenvalue weighted by Gasteiger charge is -2.03. The molecule has 2 aromatic carbocycles. The molecular weight excluding hydrogens is 234 g/mol. The molecule has 0 aliphatic rings. The van der Waals surface area contributed by atoms with Crippen LogP contribution in [0.15, 0.2) is 48.7 Å². The Bertz CT molecular complexity index is 680. The Balaban J connectivity index is 2.02. The van der Waals surface area contributed by atoms with Crippen LogP contribution in [0.2, 0.25) is 0 Å². The molecule has 0 aliphatic heterocycles. The minimum absolute atomic E-state index is 0.828. The fourth-order valence-electron chi connectivity index (χ4n) is 2.28. The van der Waals surface area contributed by atoms with E-state index in [1.165, 1.54) is 10.8 Å². The first kappa shape index (κ1) is 11.9. The molecule has 0 spiro atoms. The van der Waals surface area contributed by atoms with E-state index in [4.69, 9.17) is 0 Å². The summed E-state index contributed by atoms with van der Waals surface area (Å²) >= 11 is 0. The number of rotatable bonds is 4. The second-order valence-corrected chi connectivity index (χ2v) is 4.56. The van der Waals surface area contributed by atoms with Gasteiger partial charge >= 0.3 is 0 Å². The summed E-state index contributed by atoms with van der Waals surface area (Å²) in [4.78, 5) is 7.88. The smallest absolute Gasteiger partial charge is 0.138 e. The molecule has 3 heteroatoms. The first-order valence-corrected chi connectivity index (χ1v) is 6.61. The average molecular weight is 251 g/mol. The monoisotopic (exact) mass is 251 g/mol. The Labute approximate surface area is 112 Å². The molecule has 3 aromatic rings. The first-order valence-electron chi connectivity index (χ1n) is 6.61. The van der Waals surface area contributed by atoms with Gasteiger partial charge in [-0.25, -0.2) is 4.98 Å². The fourth-order valence-corrected chi connectivity index (χ4v) is 2.28. The molecule has 0 aliphatic carbocycles. The molecule has 0 amide bonds. The number of hydrogen-bond acceptors (Lipinski definition) is 2. The van der Waals surface area contributed by atoms with Crippen LogP contribution in [-0.2, 0) is 6.54 Å². The van der Waals surface area contributed by atoms with Crippen LogP contribution in [0.1, 0.15) is 12.6 Å². The third-order valence-electron chi connectivity index (χ3n) is 3.24. The summed E-state index contributed by atoms with van der Waals surface area (Å²) in [6, 6.07) is 14.7. The van der Waals surface area contributed by atoms with Crippen molar-refractivity contribution in [2.75, 3.05) is 6.54 Å². The molecule has 2 N–H and O–H groups in total. The summed E-state index contributed by atoms with van der Waals surface area (Å²) in [7, 11) is 0. The number of nitrogens with zero attached hydrogens (tertiary/aromatic N) is 1. The summed E-state index contributed by atoms with van der Waals surface area (Å²) in [5.74, 6) is 0.935. The highest BCUT2D eigenvalue weighted by Crippen LogP contribution is 2.26. The normalized spacial score (nSPS) is 11.0. The molecule has 0 bridgehead atoms. The van der Waals surface area contributed by atoms with Gasteiger partial charge in [-0.05, 0) is 17.3 Å². The molecule has 0 atom stereocenters. The van der Waals surface area contributed by atoms with Gasteiger partial charge in [0.05, 0.1) is 0 Å². The second-order valence-electron chi connectivity index (χ2n) is 4.56. The summed E-state index contributed by atoms with van der Waals surface area (Å²) < 4.78 is 0. The van der Waals surface area contributed by atoms with Crippen LogP contribution in [0, 0.1) is 0 Å². The van der Waals surface area contributed by atoms with Gasteiger partial charge in [-0.2, -0.15) is 0 Å². The van der Waals surface area contributed by atoms with Gasteiger partial charge in [0.25, 0.3) is 0 Å². The molecule has 96 valence electrons. The maximum absolute atomic E-state index is 4.49. The Morgan fingerprint density at radius 1 is 1.11 bits per heavy atom. The van der Waals surface area contributed by atoms with E-state index in [9.17, 15) is 0 Å². The molecule has 3 nitrogen and oxygen atoms in total. The summed E-state index contributed by atoms with van der Waals surface area (Å²) in [5.41, 5.74) is 2.27. The molecule has 1 heterocycles. The maximum atomic E-state index is 4.49. The van der Waals surface area contributed by atoms with Gasteiger partial charge in [0.15, 0.2) is 0 Å². The number of imidazole rings is 1. The number of aromatic amines is 1. The van der Waals surface area contributed by atoms with Crippen LogP contribution in [0.3, 0.4) is 0 Å². The van der Waals surface area contributed by atoms with E-state index < -0.39 is 0 Å². The van der Waals surface area contributed by atoms with Crippen molar-refractivity contribution >= 4 is 10.8 Å². The zero-order valence-corrected chi connectivity index (χ0v) is 11.0. The van der Waals surface area contributed by atoms with Crippen LogP contribution in [0.4, 0.5) is 0 Å². The van der Waals surface area contributed by atoms with E-state index in [0.717, 1.165) is 30.2 Å². The number of hydrogen-bond donors (Lipinski definition) is 2. The lowest BCUT2D eigenvalue weighted by molar-refractivity contribution is 0.714. The van der Waals surface area contributed by atoms with Gasteiger partial charge in [0.2, 0.25) is 0 Å². The van der Waals surface area contributed by atoms with Gasteiger partial charge in [-0.1, -0.05) is 49.4 Å².